The van der Waals surface area contributed by atoms with Gasteiger partial charge in [-0.05, 0) is 52.6 Å². The van der Waals surface area contributed by atoms with Crippen molar-refractivity contribution in [1.82, 2.24) is 9.80 Å². The quantitative estimate of drug-likeness (QED) is 0.852. The Kier molecular flexibility index (Phi) is 5.83. The number of piperidine rings is 1. The van der Waals surface area contributed by atoms with Gasteiger partial charge in [0.15, 0.2) is 0 Å². The summed E-state index contributed by atoms with van der Waals surface area (Å²) in [5.41, 5.74) is -0.0986. The van der Waals surface area contributed by atoms with Crippen molar-refractivity contribution in [3.05, 3.63) is 0 Å². The summed E-state index contributed by atoms with van der Waals surface area (Å²) in [5, 5.41) is 10.3. The maximum Gasteiger partial charge on any atom is 0.239 e. The zero-order valence-electron chi connectivity index (χ0n) is 15.4. The molecule has 0 bridgehead atoms. The molecule has 3 rings (SSSR count). The van der Waals surface area contributed by atoms with Gasteiger partial charge in [0, 0.05) is 31.5 Å². The second-order valence-electron chi connectivity index (χ2n) is 7.88. The first-order chi connectivity index (χ1) is 11.6. The Morgan fingerprint density at radius 1 is 1.17 bits per heavy atom. The van der Waals surface area contributed by atoms with E-state index in [1.54, 1.807) is 0 Å². The highest BCUT2D eigenvalue weighted by atomic mass is 16.5. The smallest absolute Gasteiger partial charge is 0.239 e. The van der Waals surface area contributed by atoms with Crippen LogP contribution in [-0.4, -0.2) is 71.8 Å². The summed E-state index contributed by atoms with van der Waals surface area (Å²) in [6.07, 6.45) is 7.43. The number of nitrogens with zero attached hydrogens (tertiary/aromatic N) is 2. The van der Waals surface area contributed by atoms with Crippen LogP contribution < -0.4 is 0 Å². The van der Waals surface area contributed by atoms with Gasteiger partial charge in [-0.3, -0.25) is 9.69 Å². The van der Waals surface area contributed by atoms with Gasteiger partial charge >= 0.3 is 0 Å². The lowest BCUT2D eigenvalue weighted by Crippen LogP contribution is -2.63. The number of aliphatic hydroxyl groups excluding tert-OH is 1. The molecule has 0 aromatic carbocycles. The summed E-state index contributed by atoms with van der Waals surface area (Å²) in [6, 6.07) is -0.00819. The lowest BCUT2D eigenvalue weighted by molar-refractivity contribution is -0.210. The van der Waals surface area contributed by atoms with Crippen molar-refractivity contribution < 1.29 is 14.6 Å². The van der Waals surface area contributed by atoms with Gasteiger partial charge in [-0.1, -0.05) is 12.8 Å². The van der Waals surface area contributed by atoms with Crippen LogP contribution in [0.25, 0.3) is 0 Å². The minimum absolute atomic E-state index is 0.00819. The van der Waals surface area contributed by atoms with Crippen LogP contribution in [0.1, 0.15) is 58.8 Å². The molecule has 0 radical (unpaired) electrons. The van der Waals surface area contributed by atoms with Crippen LogP contribution in [0.5, 0.6) is 0 Å². The molecule has 2 heterocycles. The summed E-state index contributed by atoms with van der Waals surface area (Å²) in [7, 11) is 0. The SMILES string of the molecule is CCO[C@@H]1C[C@H](O)C12CCN(C(=O)[C@@H](C)N1CCCCCC1)CC2. The molecule has 5 heteroatoms. The minimum atomic E-state index is -0.255. The molecule has 138 valence electrons. The Morgan fingerprint density at radius 2 is 1.79 bits per heavy atom. The normalized spacial score (nSPS) is 32.2. The van der Waals surface area contributed by atoms with Gasteiger partial charge in [-0.15, -0.1) is 0 Å². The minimum Gasteiger partial charge on any atom is -0.392 e. The summed E-state index contributed by atoms with van der Waals surface area (Å²) < 4.78 is 5.82. The topological polar surface area (TPSA) is 53.0 Å². The van der Waals surface area contributed by atoms with Crippen molar-refractivity contribution in [2.45, 2.75) is 77.0 Å². The summed E-state index contributed by atoms with van der Waals surface area (Å²) in [6.45, 7) is 8.41. The molecule has 3 atom stereocenters. The van der Waals surface area contributed by atoms with Crippen molar-refractivity contribution in [2.24, 2.45) is 5.41 Å². The number of carbonyl (C=O) groups excluding carboxylic acids is 1. The number of carbonyl (C=O) groups is 1. The van der Waals surface area contributed by atoms with E-state index in [2.05, 4.69) is 11.8 Å². The van der Waals surface area contributed by atoms with Gasteiger partial charge < -0.3 is 14.7 Å². The molecule has 1 aliphatic carbocycles. The molecule has 0 aromatic heterocycles. The van der Waals surface area contributed by atoms with Crippen molar-refractivity contribution in [2.75, 3.05) is 32.8 Å². The summed E-state index contributed by atoms with van der Waals surface area (Å²) in [4.78, 5) is 17.3. The number of amides is 1. The van der Waals surface area contributed by atoms with E-state index in [1.165, 1.54) is 25.7 Å². The third-order valence-electron chi connectivity index (χ3n) is 6.66. The second-order valence-corrected chi connectivity index (χ2v) is 7.88. The predicted octanol–water partition coefficient (Wildman–Crippen LogP) is 2.03. The van der Waals surface area contributed by atoms with Crippen molar-refractivity contribution in [1.29, 1.82) is 0 Å². The summed E-state index contributed by atoms with van der Waals surface area (Å²) >= 11 is 0. The van der Waals surface area contributed by atoms with Gasteiger partial charge in [-0.2, -0.15) is 0 Å². The maximum atomic E-state index is 12.9. The zero-order valence-corrected chi connectivity index (χ0v) is 15.4. The molecule has 2 aliphatic heterocycles. The summed E-state index contributed by atoms with van der Waals surface area (Å²) in [5.74, 6) is 0.272. The molecule has 1 N–H and O–H groups in total. The standard InChI is InChI=1S/C19H34N2O3/c1-3-24-17-14-16(22)19(17)8-12-21(13-9-19)18(23)15(2)20-10-6-4-5-7-11-20/h15-17,22H,3-14H2,1-2H3/t15-,16+,17-/m1/s1. The zero-order chi connectivity index (χ0) is 17.2. The molecular weight excluding hydrogens is 304 g/mol. The number of hydrogen-bond acceptors (Lipinski definition) is 4. The average molecular weight is 338 g/mol. The molecule has 0 aromatic rings. The van der Waals surface area contributed by atoms with Crippen LogP contribution in [-0.2, 0) is 9.53 Å². The third kappa shape index (κ3) is 3.35. The highest BCUT2D eigenvalue weighted by molar-refractivity contribution is 5.81. The van der Waals surface area contributed by atoms with Crippen molar-refractivity contribution in [3.63, 3.8) is 0 Å². The van der Waals surface area contributed by atoms with E-state index < -0.39 is 0 Å². The average Bonchev–Trinajstić information content (AvgIpc) is 2.90. The van der Waals surface area contributed by atoms with Crippen LogP contribution in [0.2, 0.25) is 0 Å². The largest absolute Gasteiger partial charge is 0.392 e. The lowest BCUT2D eigenvalue weighted by atomic mass is 9.58. The number of aliphatic hydroxyl groups is 1. The van der Waals surface area contributed by atoms with Gasteiger partial charge in [-0.25, -0.2) is 0 Å². The van der Waals surface area contributed by atoms with E-state index in [-0.39, 0.29) is 29.6 Å². The number of likely N-dealkylation sites (tertiary alicyclic amines) is 2. The molecule has 3 aliphatic rings. The van der Waals surface area contributed by atoms with E-state index in [0.717, 1.165) is 45.4 Å². The Labute approximate surface area is 146 Å². The molecular formula is C19H34N2O3. The Morgan fingerprint density at radius 3 is 2.33 bits per heavy atom. The van der Waals surface area contributed by atoms with E-state index in [1.807, 2.05) is 11.8 Å². The number of rotatable bonds is 4. The molecule has 2 saturated heterocycles. The van der Waals surface area contributed by atoms with Crippen LogP contribution in [0.15, 0.2) is 0 Å². The first kappa shape index (κ1) is 18.2. The number of hydrogen-bond donors (Lipinski definition) is 1. The fraction of sp³-hybridized carbons (Fsp3) is 0.947. The molecule has 5 nitrogen and oxygen atoms in total. The van der Waals surface area contributed by atoms with E-state index >= 15 is 0 Å². The van der Waals surface area contributed by atoms with Gasteiger partial charge in [0.25, 0.3) is 0 Å². The highest BCUT2D eigenvalue weighted by Gasteiger charge is 2.56. The monoisotopic (exact) mass is 338 g/mol. The Bertz CT molecular complexity index is 424. The van der Waals surface area contributed by atoms with Crippen LogP contribution in [0.3, 0.4) is 0 Å². The van der Waals surface area contributed by atoms with Crippen molar-refractivity contribution >= 4 is 5.91 Å². The van der Waals surface area contributed by atoms with Gasteiger partial charge in [0.05, 0.1) is 18.2 Å². The maximum absolute atomic E-state index is 12.9. The van der Waals surface area contributed by atoms with Gasteiger partial charge in [0.1, 0.15) is 0 Å². The van der Waals surface area contributed by atoms with Crippen LogP contribution in [0.4, 0.5) is 0 Å². The number of ether oxygens (including phenoxy) is 1. The first-order valence-electron chi connectivity index (χ1n) is 9.91. The molecule has 1 spiro atoms. The molecule has 24 heavy (non-hydrogen) atoms. The highest BCUT2D eigenvalue weighted by Crippen LogP contribution is 2.51. The molecule has 3 fully saturated rings. The Hall–Kier alpha value is -0.650. The second kappa shape index (κ2) is 7.71. The predicted molar refractivity (Wildman–Crippen MR) is 93.8 cm³/mol. The fourth-order valence-corrected chi connectivity index (χ4v) is 4.86. The lowest BCUT2D eigenvalue weighted by Gasteiger charge is -2.56. The van der Waals surface area contributed by atoms with Gasteiger partial charge in [0.2, 0.25) is 5.91 Å². The Balaban J connectivity index is 1.55. The third-order valence-corrected chi connectivity index (χ3v) is 6.66. The molecule has 1 amide bonds. The van der Waals surface area contributed by atoms with E-state index in [9.17, 15) is 9.90 Å². The van der Waals surface area contributed by atoms with E-state index in [4.69, 9.17) is 4.74 Å². The molecule has 1 saturated carbocycles. The van der Waals surface area contributed by atoms with Crippen LogP contribution >= 0.6 is 0 Å². The van der Waals surface area contributed by atoms with Crippen LogP contribution in [0, 0.1) is 5.41 Å². The van der Waals surface area contributed by atoms with Crippen molar-refractivity contribution in [3.8, 4) is 0 Å². The molecule has 0 unspecified atom stereocenters. The fourth-order valence-electron chi connectivity index (χ4n) is 4.86. The first-order valence-corrected chi connectivity index (χ1v) is 9.91. The van der Waals surface area contributed by atoms with E-state index in [0.29, 0.717) is 6.61 Å².